The molecule has 2 N–H and O–H groups in total. The van der Waals surface area contributed by atoms with Gasteiger partial charge in [-0.3, -0.25) is 4.79 Å². The smallest absolute Gasteiger partial charge is 0.317 e. The summed E-state index contributed by atoms with van der Waals surface area (Å²) in [6.07, 6.45) is 2.32. The van der Waals surface area contributed by atoms with Gasteiger partial charge in [-0.1, -0.05) is 6.92 Å². The molecule has 0 radical (unpaired) electrons. The van der Waals surface area contributed by atoms with E-state index in [4.69, 9.17) is 0 Å². The second kappa shape index (κ2) is 7.76. The van der Waals surface area contributed by atoms with E-state index in [9.17, 15) is 14.7 Å². The van der Waals surface area contributed by atoms with E-state index in [2.05, 4.69) is 12.2 Å². The first-order chi connectivity index (χ1) is 9.39. The Morgan fingerprint density at radius 1 is 1.50 bits per heavy atom. The van der Waals surface area contributed by atoms with E-state index in [1.54, 1.807) is 11.8 Å². The Labute approximate surface area is 125 Å². The van der Waals surface area contributed by atoms with Gasteiger partial charge in [0, 0.05) is 19.1 Å². The summed E-state index contributed by atoms with van der Waals surface area (Å²) in [6.45, 7) is 6.77. The lowest BCUT2D eigenvalue weighted by atomic mass is 9.82. The van der Waals surface area contributed by atoms with Gasteiger partial charge in [0.25, 0.3) is 0 Å². The molecule has 20 heavy (non-hydrogen) atoms. The van der Waals surface area contributed by atoms with Crippen molar-refractivity contribution in [3.63, 3.8) is 0 Å². The predicted molar refractivity (Wildman–Crippen MR) is 82.2 cm³/mol. The number of carbonyl (C=O) groups excluding carboxylic acids is 1. The zero-order valence-electron chi connectivity index (χ0n) is 12.6. The van der Waals surface area contributed by atoms with Crippen LogP contribution < -0.4 is 5.32 Å². The summed E-state index contributed by atoms with van der Waals surface area (Å²) in [5, 5.41) is 12.2. The molecule has 2 atom stereocenters. The lowest BCUT2D eigenvalue weighted by molar-refractivity contribution is -0.150. The molecule has 2 unspecified atom stereocenters. The SMILES string of the molecule is CCSCCC(C)NC(=O)N1CCCC(C)(C(=O)O)C1. The summed E-state index contributed by atoms with van der Waals surface area (Å²) in [7, 11) is 0. The monoisotopic (exact) mass is 302 g/mol. The normalized spacial score (nSPS) is 24.2. The number of thioether (sulfide) groups is 1. The van der Waals surface area contributed by atoms with Crippen LogP contribution in [0.5, 0.6) is 0 Å². The average Bonchev–Trinajstić information content (AvgIpc) is 2.39. The number of likely N-dealkylation sites (tertiary alicyclic amines) is 1. The minimum absolute atomic E-state index is 0.125. The minimum atomic E-state index is -0.817. The summed E-state index contributed by atoms with van der Waals surface area (Å²) in [4.78, 5) is 25.1. The highest BCUT2D eigenvalue weighted by atomic mass is 32.2. The van der Waals surface area contributed by atoms with Crippen LogP contribution in [0.25, 0.3) is 0 Å². The standard InChI is InChI=1S/C14H26N2O3S/c1-4-20-9-6-11(2)15-13(19)16-8-5-7-14(3,10-16)12(17)18/h11H,4-10H2,1-3H3,(H,15,19)(H,17,18). The number of nitrogens with one attached hydrogen (secondary N) is 1. The van der Waals surface area contributed by atoms with E-state index in [-0.39, 0.29) is 12.1 Å². The fraction of sp³-hybridized carbons (Fsp3) is 0.857. The second-order valence-corrected chi connectivity index (χ2v) is 7.12. The Kier molecular flexibility index (Phi) is 6.65. The summed E-state index contributed by atoms with van der Waals surface area (Å²) in [5.41, 5.74) is -0.809. The molecular weight excluding hydrogens is 276 g/mol. The van der Waals surface area contributed by atoms with E-state index < -0.39 is 11.4 Å². The molecule has 1 fully saturated rings. The van der Waals surface area contributed by atoms with Crippen LogP contribution in [-0.4, -0.2) is 52.6 Å². The highest BCUT2D eigenvalue weighted by Gasteiger charge is 2.39. The Morgan fingerprint density at radius 3 is 2.80 bits per heavy atom. The van der Waals surface area contributed by atoms with Crippen LogP contribution in [0.4, 0.5) is 4.79 Å². The third kappa shape index (κ3) is 4.89. The van der Waals surface area contributed by atoms with Crippen molar-refractivity contribution in [2.45, 2.75) is 46.1 Å². The average molecular weight is 302 g/mol. The maximum atomic E-state index is 12.2. The van der Waals surface area contributed by atoms with E-state index in [0.29, 0.717) is 19.5 Å². The molecule has 116 valence electrons. The lowest BCUT2D eigenvalue weighted by Gasteiger charge is -2.37. The lowest BCUT2D eigenvalue weighted by Crippen LogP contribution is -2.52. The number of hydrogen-bond donors (Lipinski definition) is 2. The molecule has 0 aliphatic carbocycles. The van der Waals surface area contributed by atoms with Crippen LogP contribution >= 0.6 is 11.8 Å². The second-order valence-electron chi connectivity index (χ2n) is 5.73. The molecule has 0 aromatic heterocycles. The molecule has 1 heterocycles. The highest BCUT2D eigenvalue weighted by Crippen LogP contribution is 2.29. The van der Waals surface area contributed by atoms with Crippen molar-refractivity contribution in [3.8, 4) is 0 Å². The summed E-state index contributed by atoms with van der Waals surface area (Å²) in [5.74, 6) is 1.30. The molecule has 2 amide bonds. The summed E-state index contributed by atoms with van der Waals surface area (Å²) >= 11 is 1.86. The van der Waals surface area contributed by atoms with Crippen LogP contribution in [-0.2, 0) is 4.79 Å². The van der Waals surface area contributed by atoms with Gasteiger partial charge >= 0.3 is 12.0 Å². The topological polar surface area (TPSA) is 69.6 Å². The van der Waals surface area contributed by atoms with Gasteiger partial charge in [-0.15, -0.1) is 0 Å². The van der Waals surface area contributed by atoms with Crippen molar-refractivity contribution < 1.29 is 14.7 Å². The summed E-state index contributed by atoms with van der Waals surface area (Å²) < 4.78 is 0. The first-order valence-corrected chi connectivity index (χ1v) is 8.41. The van der Waals surface area contributed by atoms with Gasteiger partial charge in [0.15, 0.2) is 0 Å². The first kappa shape index (κ1) is 17.1. The van der Waals surface area contributed by atoms with Crippen LogP contribution in [0.3, 0.4) is 0 Å². The number of rotatable bonds is 6. The quantitative estimate of drug-likeness (QED) is 0.739. The van der Waals surface area contributed by atoms with Gasteiger partial charge in [-0.25, -0.2) is 4.79 Å². The Bertz CT molecular complexity index is 351. The van der Waals surface area contributed by atoms with Gasteiger partial charge in [-0.05, 0) is 44.6 Å². The Balaban J connectivity index is 2.45. The van der Waals surface area contributed by atoms with Gasteiger partial charge in [0.05, 0.1) is 5.41 Å². The van der Waals surface area contributed by atoms with E-state index >= 15 is 0 Å². The Hall–Kier alpha value is -0.910. The maximum Gasteiger partial charge on any atom is 0.317 e. The molecule has 1 aliphatic heterocycles. The fourth-order valence-corrected chi connectivity index (χ4v) is 3.17. The molecule has 1 rings (SSSR count). The van der Waals surface area contributed by atoms with Gasteiger partial charge < -0.3 is 15.3 Å². The van der Waals surface area contributed by atoms with E-state index in [1.807, 2.05) is 18.7 Å². The van der Waals surface area contributed by atoms with Gasteiger partial charge in [0.1, 0.15) is 0 Å². The molecule has 6 heteroatoms. The molecule has 0 saturated carbocycles. The van der Waals surface area contributed by atoms with Crippen molar-refractivity contribution >= 4 is 23.8 Å². The predicted octanol–water partition coefficient (Wildman–Crippen LogP) is 2.41. The molecule has 0 aromatic rings. The van der Waals surface area contributed by atoms with Crippen LogP contribution in [0, 0.1) is 5.41 Å². The van der Waals surface area contributed by atoms with Crippen molar-refractivity contribution in [2.24, 2.45) is 5.41 Å². The van der Waals surface area contributed by atoms with Crippen LogP contribution in [0.2, 0.25) is 0 Å². The highest BCUT2D eigenvalue weighted by molar-refractivity contribution is 7.99. The van der Waals surface area contributed by atoms with Gasteiger partial charge in [-0.2, -0.15) is 11.8 Å². The summed E-state index contributed by atoms with van der Waals surface area (Å²) in [6, 6.07) is -0.00858. The minimum Gasteiger partial charge on any atom is -0.481 e. The number of carboxylic acids is 1. The molecule has 5 nitrogen and oxygen atoms in total. The van der Waals surface area contributed by atoms with Gasteiger partial charge in [0.2, 0.25) is 0 Å². The largest absolute Gasteiger partial charge is 0.481 e. The molecular formula is C14H26N2O3S. The molecule has 0 spiro atoms. The van der Waals surface area contributed by atoms with Crippen molar-refractivity contribution in [1.82, 2.24) is 10.2 Å². The molecule has 0 bridgehead atoms. The number of hydrogen-bond acceptors (Lipinski definition) is 3. The molecule has 1 aliphatic rings. The van der Waals surface area contributed by atoms with Crippen LogP contribution in [0.1, 0.15) is 40.0 Å². The van der Waals surface area contributed by atoms with Crippen LogP contribution in [0.15, 0.2) is 0 Å². The third-order valence-electron chi connectivity index (χ3n) is 3.77. The molecule has 0 aromatic carbocycles. The Morgan fingerprint density at radius 2 is 2.20 bits per heavy atom. The van der Waals surface area contributed by atoms with Crippen molar-refractivity contribution in [3.05, 3.63) is 0 Å². The number of amides is 2. The zero-order valence-corrected chi connectivity index (χ0v) is 13.5. The number of carboxylic acid groups (broad SMARTS) is 1. The van der Waals surface area contributed by atoms with Crippen molar-refractivity contribution in [1.29, 1.82) is 0 Å². The third-order valence-corrected chi connectivity index (χ3v) is 4.70. The number of urea groups is 1. The maximum absolute atomic E-state index is 12.2. The zero-order chi connectivity index (χ0) is 15.2. The number of piperidine rings is 1. The number of aliphatic carboxylic acids is 1. The molecule has 1 saturated heterocycles. The number of carbonyl (C=O) groups is 2. The fourth-order valence-electron chi connectivity index (χ4n) is 2.37. The van der Waals surface area contributed by atoms with E-state index in [0.717, 1.165) is 24.3 Å². The van der Waals surface area contributed by atoms with Crippen molar-refractivity contribution in [2.75, 3.05) is 24.6 Å². The van der Waals surface area contributed by atoms with E-state index in [1.165, 1.54) is 0 Å². The first-order valence-electron chi connectivity index (χ1n) is 7.25. The number of nitrogens with zero attached hydrogens (tertiary/aromatic N) is 1.